The zero-order chi connectivity index (χ0) is 6.41. The molecule has 0 rings (SSSR count). The van der Waals surface area contributed by atoms with E-state index in [9.17, 15) is 0 Å². The van der Waals surface area contributed by atoms with E-state index in [1.807, 2.05) is 0 Å². The van der Waals surface area contributed by atoms with Gasteiger partial charge < -0.3 is 5.02 Å². The third-order valence-corrected chi connectivity index (χ3v) is 0.865. The fraction of sp³-hybridized carbons (Fsp3) is 0.500. The minimum atomic E-state index is -0.293. The number of hydrogen-bond donors (Lipinski definition) is 1. The predicted molar refractivity (Wildman–Crippen MR) is 46.2 cm³/mol. The van der Waals surface area contributed by atoms with Crippen molar-refractivity contribution in [1.82, 2.24) is 0 Å². The maximum atomic E-state index is 8.66. The lowest BCUT2D eigenvalue weighted by molar-refractivity contribution is 0.583. The Hall–Kier alpha value is 0.380. The lowest BCUT2D eigenvalue weighted by Gasteiger charge is -1.85. The Morgan fingerprint density at radius 3 is 2.88 bits per heavy atom. The van der Waals surface area contributed by atoms with Gasteiger partial charge in [-0.15, -0.1) is 34.1 Å². The van der Waals surface area contributed by atoms with Gasteiger partial charge in [0.15, 0.2) is 0 Å². The summed E-state index contributed by atoms with van der Waals surface area (Å²) in [6.45, 7) is 1.43. The molecule has 1 radical (unpaired) electrons. The van der Waals surface area contributed by atoms with Crippen LogP contribution < -0.4 is 0 Å². The minimum Gasteiger partial charge on any atom is -0.450 e. The Morgan fingerprint density at radius 2 is 2.50 bits per heavy atom. The smallest absolute Gasteiger partial charge is 0.299 e. The molecule has 1 N–H and O–H groups in total. The van der Waals surface area contributed by atoms with Crippen LogP contribution in [0.15, 0.2) is 0 Å². The fourth-order valence-electron chi connectivity index (χ4n) is 0.245. The molecule has 0 saturated heterocycles. The molecule has 0 bridgehead atoms. The van der Waals surface area contributed by atoms with Gasteiger partial charge in [0.2, 0.25) is 0 Å². The van der Waals surface area contributed by atoms with Crippen molar-refractivity contribution in [3.63, 3.8) is 0 Å². The fourth-order valence-corrected chi connectivity index (χ4v) is 0.465. The molecule has 0 heterocycles. The third-order valence-electron chi connectivity index (χ3n) is 0.554. The van der Waals surface area contributed by atoms with Crippen LogP contribution in [0.25, 0.3) is 0 Å². The molecular formula is C4H6B2IO. The monoisotopic (exact) mass is 219 g/mol. The maximum absolute atomic E-state index is 8.66. The van der Waals surface area contributed by atoms with Crippen molar-refractivity contribution in [2.24, 2.45) is 0 Å². The Bertz CT molecular complexity index is 104. The Morgan fingerprint density at radius 1 is 1.88 bits per heavy atom. The second-order valence-corrected chi connectivity index (χ2v) is 2.11. The molecule has 0 aliphatic heterocycles. The normalized spacial score (nSPS) is 6.88. The first kappa shape index (κ1) is 8.38. The minimum absolute atomic E-state index is 0.293. The van der Waals surface area contributed by atoms with Crippen LogP contribution in [0.2, 0.25) is 13.1 Å². The van der Waals surface area contributed by atoms with Crippen LogP contribution in [-0.2, 0) is 0 Å². The predicted octanol–water partition coefficient (Wildman–Crippen LogP) is 0.615. The molecule has 8 heavy (non-hydrogen) atoms. The number of halogens is 1. The maximum Gasteiger partial charge on any atom is 0.299 e. The lowest BCUT2D eigenvalue weighted by Crippen LogP contribution is -2.01. The molecule has 0 aliphatic rings. The van der Waals surface area contributed by atoms with Crippen molar-refractivity contribution >= 4 is 34.4 Å². The molecule has 1 nitrogen and oxygen atoms in total. The molecule has 0 aromatic rings. The Labute approximate surface area is 64.5 Å². The summed E-state index contributed by atoms with van der Waals surface area (Å²) in [5.74, 6) is 5.50. The molecule has 41 valence electrons. The quantitative estimate of drug-likeness (QED) is 0.389. The van der Waals surface area contributed by atoms with Gasteiger partial charge in [-0.05, 0) is 0 Å². The zero-order valence-electron chi connectivity index (χ0n) is 4.69. The first-order valence-electron chi connectivity index (χ1n) is 2.35. The summed E-state index contributed by atoms with van der Waals surface area (Å²) in [6.07, 6.45) is 0.569. The van der Waals surface area contributed by atoms with E-state index in [0.717, 1.165) is 0 Å². The van der Waals surface area contributed by atoms with Gasteiger partial charge in [0, 0.05) is 6.32 Å². The highest BCUT2D eigenvalue weighted by Gasteiger charge is 1.95. The van der Waals surface area contributed by atoms with Crippen LogP contribution in [0, 0.1) is 11.7 Å². The van der Waals surface area contributed by atoms with Crippen molar-refractivity contribution in [1.29, 1.82) is 0 Å². The van der Waals surface area contributed by atoms with E-state index >= 15 is 0 Å². The van der Waals surface area contributed by atoms with Crippen LogP contribution in [0.5, 0.6) is 0 Å². The van der Waals surface area contributed by atoms with Crippen molar-refractivity contribution in [3.8, 4) is 11.7 Å². The standard InChI is InChI=1S/C4H6B2IO/c1-6(8)4-2-3-5-7/h8H,4H2,1H3. The van der Waals surface area contributed by atoms with Gasteiger partial charge in [-0.1, -0.05) is 6.82 Å². The van der Waals surface area contributed by atoms with E-state index in [1.54, 1.807) is 12.0 Å². The van der Waals surface area contributed by atoms with E-state index in [2.05, 4.69) is 34.1 Å². The van der Waals surface area contributed by atoms with E-state index in [-0.39, 0.29) is 6.92 Å². The third kappa shape index (κ3) is 6.38. The Balaban J connectivity index is 3.15. The van der Waals surface area contributed by atoms with Crippen LogP contribution >= 0.6 is 22.4 Å². The molecule has 0 aromatic heterocycles. The highest BCUT2D eigenvalue weighted by Crippen LogP contribution is 1.82. The van der Waals surface area contributed by atoms with E-state index in [0.29, 0.717) is 6.32 Å². The van der Waals surface area contributed by atoms with E-state index in [4.69, 9.17) is 5.02 Å². The summed E-state index contributed by atoms with van der Waals surface area (Å²) < 4.78 is 0. The van der Waals surface area contributed by atoms with Gasteiger partial charge in [-0.3, -0.25) is 0 Å². The van der Waals surface area contributed by atoms with Crippen LogP contribution in [0.1, 0.15) is 0 Å². The summed E-state index contributed by atoms with van der Waals surface area (Å²) in [7, 11) is 0. The largest absolute Gasteiger partial charge is 0.450 e. The first-order valence-corrected chi connectivity index (χ1v) is 3.60. The molecule has 0 unspecified atom stereocenters. The van der Waals surface area contributed by atoms with Gasteiger partial charge in [-0.2, -0.15) is 0 Å². The molecule has 0 saturated carbocycles. The highest BCUT2D eigenvalue weighted by atomic mass is 127. The summed E-state index contributed by atoms with van der Waals surface area (Å²) in [6, 6.07) is 0. The second kappa shape index (κ2) is 5.52. The average molecular weight is 219 g/mol. The number of rotatable bonds is 1. The molecule has 0 fully saturated rings. The van der Waals surface area contributed by atoms with E-state index < -0.39 is 0 Å². The van der Waals surface area contributed by atoms with Crippen molar-refractivity contribution in [2.75, 3.05) is 0 Å². The van der Waals surface area contributed by atoms with Crippen molar-refractivity contribution in [2.45, 2.75) is 13.1 Å². The van der Waals surface area contributed by atoms with Gasteiger partial charge in [0.05, 0.1) is 0 Å². The van der Waals surface area contributed by atoms with Crippen molar-refractivity contribution in [3.05, 3.63) is 0 Å². The SMILES string of the molecule is CB(O)CC#C[B]I. The molecule has 0 amide bonds. The summed E-state index contributed by atoms with van der Waals surface area (Å²) in [5, 5.41) is 10.4. The van der Waals surface area contributed by atoms with Gasteiger partial charge >= 0.3 is 0 Å². The highest BCUT2D eigenvalue weighted by molar-refractivity contribution is 14.1. The topological polar surface area (TPSA) is 20.2 Å². The molecule has 0 spiro atoms. The first-order chi connectivity index (χ1) is 3.77. The zero-order valence-corrected chi connectivity index (χ0v) is 6.84. The van der Waals surface area contributed by atoms with Crippen LogP contribution in [0.3, 0.4) is 0 Å². The van der Waals surface area contributed by atoms with E-state index in [1.165, 1.54) is 0 Å². The second-order valence-electron chi connectivity index (χ2n) is 1.48. The summed E-state index contributed by atoms with van der Waals surface area (Å²) in [5.41, 5.74) is 0. The van der Waals surface area contributed by atoms with Crippen molar-refractivity contribution < 1.29 is 5.02 Å². The van der Waals surface area contributed by atoms with Crippen LogP contribution in [0.4, 0.5) is 0 Å². The van der Waals surface area contributed by atoms with Gasteiger partial charge in [0.1, 0.15) is 0 Å². The molecule has 0 aliphatic carbocycles. The number of hydrogen-bond acceptors (Lipinski definition) is 1. The average Bonchev–Trinajstić information content (AvgIpc) is 1.66. The molecular weight excluding hydrogens is 213 g/mol. The summed E-state index contributed by atoms with van der Waals surface area (Å²) in [4.78, 5) is 0. The van der Waals surface area contributed by atoms with Crippen LogP contribution in [-0.4, -0.2) is 17.1 Å². The molecule has 4 heteroatoms. The molecule has 0 aromatic carbocycles. The van der Waals surface area contributed by atoms with Gasteiger partial charge in [0.25, 0.3) is 12.1 Å². The lowest BCUT2D eigenvalue weighted by atomic mass is 9.68. The Kier molecular flexibility index (Phi) is 5.78. The summed E-state index contributed by atoms with van der Waals surface area (Å²) >= 11 is 2.05. The van der Waals surface area contributed by atoms with Gasteiger partial charge in [-0.25, -0.2) is 0 Å². The molecule has 0 atom stereocenters.